The molecule has 3 rings (SSSR count). The van der Waals surface area contributed by atoms with E-state index in [1.54, 1.807) is 0 Å². The van der Waals surface area contributed by atoms with E-state index in [-0.39, 0.29) is 0 Å². The molecule has 0 aromatic heterocycles. The van der Waals surface area contributed by atoms with Crippen LogP contribution < -0.4 is 4.90 Å². The first-order valence-electron chi connectivity index (χ1n) is 8.63. The molecule has 0 unspecified atom stereocenters. The minimum absolute atomic E-state index is 0.883. The smallest absolute Gasteiger partial charge is 0.0366 e. The Morgan fingerprint density at radius 2 is 1.48 bits per heavy atom. The van der Waals surface area contributed by atoms with Gasteiger partial charge in [0.2, 0.25) is 0 Å². The monoisotopic (exact) mass is 325 g/mol. The first-order valence-corrected chi connectivity index (χ1v) is 9.45. The average molecular weight is 326 g/mol. The Morgan fingerprint density at radius 1 is 0.913 bits per heavy atom. The van der Waals surface area contributed by atoms with E-state index in [0.717, 1.165) is 5.92 Å². The van der Waals surface area contributed by atoms with Crippen molar-refractivity contribution in [2.24, 2.45) is 5.92 Å². The fourth-order valence-electron chi connectivity index (χ4n) is 3.44. The molecule has 2 heteroatoms. The summed E-state index contributed by atoms with van der Waals surface area (Å²) in [6, 6.07) is 13.7. The van der Waals surface area contributed by atoms with Crippen LogP contribution in [0, 0.1) is 26.7 Å². The molecule has 0 N–H and O–H groups in total. The molecule has 1 aliphatic heterocycles. The topological polar surface area (TPSA) is 3.24 Å². The van der Waals surface area contributed by atoms with Gasteiger partial charge in [0.1, 0.15) is 0 Å². The molecule has 0 spiro atoms. The zero-order valence-corrected chi connectivity index (χ0v) is 15.5. The van der Waals surface area contributed by atoms with Crippen LogP contribution in [0.2, 0.25) is 0 Å². The molecule has 2 aromatic rings. The second kappa shape index (κ2) is 7.00. The van der Waals surface area contributed by atoms with E-state index in [1.165, 1.54) is 58.1 Å². The molecule has 1 nitrogen and oxygen atoms in total. The summed E-state index contributed by atoms with van der Waals surface area (Å²) in [6.07, 6.45) is 2.64. The normalized spacial score (nSPS) is 15.9. The average Bonchev–Trinajstić information content (AvgIpc) is 2.52. The zero-order valence-electron chi connectivity index (χ0n) is 14.7. The maximum absolute atomic E-state index is 2.52. The van der Waals surface area contributed by atoms with Crippen LogP contribution in [0.25, 0.3) is 0 Å². The number of rotatable bonds is 3. The first kappa shape index (κ1) is 16.4. The molecule has 0 amide bonds. The molecule has 23 heavy (non-hydrogen) atoms. The van der Waals surface area contributed by atoms with Crippen molar-refractivity contribution in [3.05, 3.63) is 53.1 Å². The maximum atomic E-state index is 2.52. The zero-order chi connectivity index (χ0) is 16.4. The lowest BCUT2D eigenvalue weighted by Crippen LogP contribution is -2.32. The van der Waals surface area contributed by atoms with Gasteiger partial charge in [-0.15, -0.1) is 0 Å². The van der Waals surface area contributed by atoms with Crippen molar-refractivity contribution in [3.63, 3.8) is 0 Å². The summed E-state index contributed by atoms with van der Waals surface area (Å²) < 4.78 is 0. The summed E-state index contributed by atoms with van der Waals surface area (Å²) in [5.41, 5.74) is 5.47. The van der Waals surface area contributed by atoms with Gasteiger partial charge in [0.15, 0.2) is 0 Å². The summed E-state index contributed by atoms with van der Waals surface area (Å²) in [7, 11) is 0. The summed E-state index contributed by atoms with van der Waals surface area (Å²) in [5.74, 6) is 0.883. The molecule has 0 atom stereocenters. The molecule has 2 aromatic carbocycles. The van der Waals surface area contributed by atoms with E-state index >= 15 is 0 Å². The molecule has 0 saturated carbocycles. The van der Waals surface area contributed by atoms with Crippen molar-refractivity contribution >= 4 is 17.4 Å². The van der Waals surface area contributed by atoms with E-state index in [1.807, 2.05) is 11.8 Å². The predicted molar refractivity (Wildman–Crippen MR) is 102 cm³/mol. The van der Waals surface area contributed by atoms with Crippen molar-refractivity contribution < 1.29 is 0 Å². The largest absolute Gasteiger partial charge is 0.372 e. The fraction of sp³-hybridized carbons (Fsp3) is 0.429. The van der Waals surface area contributed by atoms with Crippen molar-refractivity contribution in [1.82, 2.24) is 0 Å². The van der Waals surface area contributed by atoms with Gasteiger partial charge in [0, 0.05) is 28.6 Å². The van der Waals surface area contributed by atoms with E-state index in [0.29, 0.717) is 0 Å². The lowest BCUT2D eigenvalue weighted by molar-refractivity contribution is 0.438. The summed E-state index contributed by atoms with van der Waals surface area (Å²) >= 11 is 1.89. The number of aryl methyl sites for hydroxylation is 3. The van der Waals surface area contributed by atoms with Crippen LogP contribution in [0.4, 0.5) is 5.69 Å². The number of benzene rings is 2. The van der Waals surface area contributed by atoms with Crippen LogP contribution in [0.5, 0.6) is 0 Å². The molecule has 0 aliphatic carbocycles. The molecule has 0 radical (unpaired) electrons. The van der Waals surface area contributed by atoms with Crippen LogP contribution >= 0.6 is 11.8 Å². The standard InChI is InChI=1S/C21H27NS/c1-15-9-11-22(12-10-15)19-5-7-20(8-6-19)23-21-17(3)13-16(2)14-18(21)4/h5-8,13-15H,9-12H2,1-4H3. The van der Waals surface area contributed by atoms with Crippen LogP contribution in [0.15, 0.2) is 46.2 Å². The number of hydrogen-bond acceptors (Lipinski definition) is 2. The lowest BCUT2D eigenvalue weighted by atomic mass is 9.99. The minimum atomic E-state index is 0.883. The predicted octanol–water partition coefficient (Wildman–Crippen LogP) is 6.00. The highest BCUT2D eigenvalue weighted by molar-refractivity contribution is 7.99. The molecular formula is C21H27NS. The fourth-order valence-corrected chi connectivity index (χ4v) is 4.39. The number of nitrogens with zero attached hydrogens (tertiary/aromatic N) is 1. The Kier molecular flexibility index (Phi) is 5.01. The second-order valence-electron chi connectivity index (χ2n) is 6.99. The number of hydrogen-bond donors (Lipinski definition) is 0. The van der Waals surface area contributed by atoms with Gasteiger partial charge in [0.25, 0.3) is 0 Å². The Balaban J connectivity index is 1.73. The first-order chi connectivity index (χ1) is 11.0. The molecule has 1 fully saturated rings. The van der Waals surface area contributed by atoms with Gasteiger partial charge in [-0.1, -0.05) is 36.4 Å². The van der Waals surface area contributed by atoms with E-state index < -0.39 is 0 Å². The van der Waals surface area contributed by atoms with Crippen molar-refractivity contribution in [2.45, 2.75) is 50.3 Å². The minimum Gasteiger partial charge on any atom is -0.372 e. The van der Waals surface area contributed by atoms with Crippen LogP contribution in [-0.4, -0.2) is 13.1 Å². The Bertz CT molecular complexity index is 644. The van der Waals surface area contributed by atoms with E-state index in [9.17, 15) is 0 Å². The van der Waals surface area contributed by atoms with Gasteiger partial charge in [-0.3, -0.25) is 0 Å². The Morgan fingerprint density at radius 3 is 2.04 bits per heavy atom. The van der Waals surface area contributed by atoms with Gasteiger partial charge < -0.3 is 4.90 Å². The summed E-state index contributed by atoms with van der Waals surface area (Å²) in [4.78, 5) is 5.25. The third-order valence-corrected chi connectivity index (χ3v) is 6.17. The molecular weight excluding hydrogens is 298 g/mol. The third-order valence-electron chi connectivity index (χ3n) is 4.81. The molecule has 1 saturated heterocycles. The summed E-state index contributed by atoms with van der Waals surface area (Å²) in [5, 5.41) is 0. The molecule has 1 aliphatic rings. The highest BCUT2D eigenvalue weighted by Crippen LogP contribution is 2.35. The quantitative estimate of drug-likeness (QED) is 0.681. The number of anilines is 1. The maximum Gasteiger partial charge on any atom is 0.0366 e. The van der Waals surface area contributed by atoms with Crippen LogP contribution in [-0.2, 0) is 0 Å². The van der Waals surface area contributed by atoms with Gasteiger partial charge in [-0.25, -0.2) is 0 Å². The number of piperidine rings is 1. The highest BCUT2D eigenvalue weighted by atomic mass is 32.2. The van der Waals surface area contributed by atoms with E-state index in [4.69, 9.17) is 0 Å². The Hall–Kier alpha value is -1.41. The van der Waals surface area contributed by atoms with Gasteiger partial charge in [-0.2, -0.15) is 0 Å². The highest BCUT2D eigenvalue weighted by Gasteiger charge is 2.16. The lowest BCUT2D eigenvalue weighted by Gasteiger charge is -2.32. The van der Waals surface area contributed by atoms with Crippen LogP contribution in [0.1, 0.15) is 36.5 Å². The summed E-state index contributed by atoms with van der Waals surface area (Å²) in [6.45, 7) is 11.4. The van der Waals surface area contributed by atoms with Gasteiger partial charge in [0.05, 0.1) is 0 Å². The van der Waals surface area contributed by atoms with Crippen molar-refractivity contribution in [2.75, 3.05) is 18.0 Å². The molecule has 1 heterocycles. The van der Waals surface area contributed by atoms with Gasteiger partial charge >= 0.3 is 0 Å². The Labute approximate surface area is 145 Å². The molecule has 122 valence electrons. The second-order valence-corrected chi connectivity index (χ2v) is 8.08. The third kappa shape index (κ3) is 3.92. The van der Waals surface area contributed by atoms with E-state index in [2.05, 4.69) is 69.0 Å². The van der Waals surface area contributed by atoms with Gasteiger partial charge in [-0.05, 0) is 74.9 Å². The van der Waals surface area contributed by atoms with Crippen molar-refractivity contribution in [3.8, 4) is 0 Å². The SMILES string of the molecule is Cc1cc(C)c(Sc2ccc(N3CCC(C)CC3)cc2)c(C)c1. The van der Waals surface area contributed by atoms with Crippen LogP contribution in [0.3, 0.4) is 0 Å². The van der Waals surface area contributed by atoms with Crippen molar-refractivity contribution in [1.29, 1.82) is 0 Å². The molecule has 0 bridgehead atoms.